The second-order valence-corrected chi connectivity index (χ2v) is 7.99. The maximum atomic E-state index is 5.44. The summed E-state index contributed by atoms with van der Waals surface area (Å²) in [5, 5.41) is 6.84. The van der Waals surface area contributed by atoms with Crippen molar-refractivity contribution in [3.05, 3.63) is 52.5 Å². The van der Waals surface area contributed by atoms with E-state index >= 15 is 0 Å². The number of guanidine groups is 1. The lowest BCUT2D eigenvalue weighted by molar-refractivity contribution is 0.174. The van der Waals surface area contributed by atoms with Gasteiger partial charge in [-0.2, -0.15) is 0 Å². The van der Waals surface area contributed by atoms with Gasteiger partial charge in [0.25, 0.3) is 0 Å². The van der Waals surface area contributed by atoms with E-state index in [2.05, 4.69) is 60.7 Å². The summed E-state index contributed by atoms with van der Waals surface area (Å²) in [6.45, 7) is 4.04. The van der Waals surface area contributed by atoms with Gasteiger partial charge < -0.3 is 25.0 Å². The van der Waals surface area contributed by atoms with Gasteiger partial charge in [-0.1, -0.05) is 28.1 Å². The van der Waals surface area contributed by atoms with Crippen molar-refractivity contribution in [1.29, 1.82) is 0 Å². The summed E-state index contributed by atoms with van der Waals surface area (Å²) >= 11 is 3.56. The highest BCUT2D eigenvalue weighted by Gasteiger charge is 2.23. The molecule has 4 rings (SSSR count). The third kappa shape index (κ3) is 4.52. The number of hydrogen-bond donors (Lipinski definition) is 2. The van der Waals surface area contributed by atoms with Crippen LogP contribution in [-0.2, 0) is 6.54 Å². The summed E-state index contributed by atoms with van der Waals surface area (Å²) in [6, 6.07) is 14.5. The smallest absolute Gasteiger partial charge is 0.231 e. The van der Waals surface area contributed by atoms with Crippen molar-refractivity contribution in [1.82, 2.24) is 10.6 Å². The SMILES string of the molecule is CN=C(NCc1ccc2c(c1)OCO2)NCC1CCN(c2cccc(Br)c2)C1. The van der Waals surface area contributed by atoms with Crippen LogP contribution in [0.4, 0.5) is 5.69 Å². The highest BCUT2D eigenvalue weighted by atomic mass is 79.9. The van der Waals surface area contributed by atoms with Crippen LogP contribution in [0.15, 0.2) is 51.9 Å². The predicted molar refractivity (Wildman–Crippen MR) is 115 cm³/mol. The van der Waals surface area contributed by atoms with E-state index in [1.807, 2.05) is 18.2 Å². The molecular formula is C21H25BrN4O2. The molecule has 0 bridgehead atoms. The van der Waals surface area contributed by atoms with E-state index in [0.29, 0.717) is 19.3 Å². The molecule has 2 N–H and O–H groups in total. The first kappa shape index (κ1) is 18.9. The van der Waals surface area contributed by atoms with Crippen molar-refractivity contribution in [3.63, 3.8) is 0 Å². The number of nitrogens with zero attached hydrogens (tertiary/aromatic N) is 2. The molecular weight excluding hydrogens is 420 g/mol. The molecule has 7 heteroatoms. The second-order valence-electron chi connectivity index (χ2n) is 7.07. The molecule has 6 nitrogen and oxygen atoms in total. The molecule has 0 radical (unpaired) electrons. The lowest BCUT2D eigenvalue weighted by atomic mass is 10.1. The van der Waals surface area contributed by atoms with Crippen molar-refractivity contribution in [2.75, 3.05) is 38.4 Å². The molecule has 1 fully saturated rings. The summed E-state index contributed by atoms with van der Waals surface area (Å²) < 4.78 is 11.9. The van der Waals surface area contributed by atoms with Gasteiger partial charge in [0, 0.05) is 43.4 Å². The average Bonchev–Trinajstić information content (AvgIpc) is 3.37. The third-order valence-electron chi connectivity index (χ3n) is 5.14. The fraction of sp³-hybridized carbons (Fsp3) is 0.381. The fourth-order valence-electron chi connectivity index (χ4n) is 3.60. The normalized spacial score (nSPS) is 18.4. The minimum atomic E-state index is 0.299. The Morgan fingerprint density at radius 2 is 2.07 bits per heavy atom. The minimum Gasteiger partial charge on any atom is -0.454 e. The molecule has 148 valence electrons. The van der Waals surface area contributed by atoms with Gasteiger partial charge in [0.1, 0.15) is 0 Å². The van der Waals surface area contributed by atoms with Crippen LogP contribution < -0.4 is 25.0 Å². The lowest BCUT2D eigenvalue weighted by Crippen LogP contribution is -2.39. The fourth-order valence-corrected chi connectivity index (χ4v) is 3.99. The van der Waals surface area contributed by atoms with Gasteiger partial charge in [0.05, 0.1) is 0 Å². The predicted octanol–water partition coefficient (Wildman–Crippen LogP) is 3.37. The number of anilines is 1. The van der Waals surface area contributed by atoms with Crippen LogP contribution >= 0.6 is 15.9 Å². The minimum absolute atomic E-state index is 0.299. The van der Waals surface area contributed by atoms with Crippen LogP contribution in [0.5, 0.6) is 11.5 Å². The van der Waals surface area contributed by atoms with E-state index in [-0.39, 0.29) is 0 Å². The molecule has 0 aliphatic carbocycles. The topological polar surface area (TPSA) is 58.1 Å². The first-order chi connectivity index (χ1) is 13.7. The van der Waals surface area contributed by atoms with Crippen molar-refractivity contribution in [2.24, 2.45) is 10.9 Å². The van der Waals surface area contributed by atoms with Crippen LogP contribution in [0, 0.1) is 5.92 Å². The van der Waals surface area contributed by atoms with Crippen LogP contribution in [0.2, 0.25) is 0 Å². The first-order valence-electron chi connectivity index (χ1n) is 9.55. The van der Waals surface area contributed by atoms with Gasteiger partial charge in [0.15, 0.2) is 17.5 Å². The maximum Gasteiger partial charge on any atom is 0.231 e. The van der Waals surface area contributed by atoms with Crippen LogP contribution in [0.25, 0.3) is 0 Å². The summed E-state index contributed by atoms with van der Waals surface area (Å²) in [7, 11) is 1.80. The number of nitrogens with one attached hydrogen (secondary N) is 2. The summed E-state index contributed by atoms with van der Waals surface area (Å²) in [4.78, 5) is 6.79. The molecule has 1 atom stereocenters. The van der Waals surface area contributed by atoms with E-state index in [0.717, 1.165) is 47.1 Å². The molecule has 2 heterocycles. The van der Waals surface area contributed by atoms with Crippen LogP contribution in [-0.4, -0.2) is 39.4 Å². The molecule has 2 aliphatic heterocycles. The molecule has 28 heavy (non-hydrogen) atoms. The lowest BCUT2D eigenvalue weighted by Gasteiger charge is -2.19. The number of hydrogen-bond acceptors (Lipinski definition) is 4. The van der Waals surface area contributed by atoms with Gasteiger partial charge in [-0.15, -0.1) is 0 Å². The van der Waals surface area contributed by atoms with Gasteiger partial charge >= 0.3 is 0 Å². The van der Waals surface area contributed by atoms with E-state index < -0.39 is 0 Å². The summed E-state index contributed by atoms with van der Waals surface area (Å²) in [6.07, 6.45) is 1.18. The van der Waals surface area contributed by atoms with Crippen molar-refractivity contribution in [3.8, 4) is 11.5 Å². The molecule has 0 amide bonds. The number of ether oxygens (including phenoxy) is 2. The van der Waals surface area contributed by atoms with Gasteiger partial charge in [-0.3, -0.25) is 4.99 Å². The Kier molecular flexibility index (Phi) is 5.90. The molecule has 2 aliphatic rings. The van der Waals surface area contributed by atoms with E-state index in [1.165, 1.54) is 12.1 Å². The number of halogens is 1. The number of rotatable bonds is 5. The Balaban J connectivity index is 1.25. The zero-order valence-electron chi connectivity index (χ0n) is 16.0. The highest BCUT2D eigenvalue weighted by Crippen LogP contribution is 2.32. The van der Waals surface area contributed by atoms with Gasteiger partial charge in [0.2, 0.25) is 6.79 Å². The first-order valence-corrected chi connectivity index (χ1v) is 10.3. The quantitative estimate of drug-likeness (QED) is 0.546. The van der Waals surface area contributed by atoms with Gasteiger partial charge in [-0.25, -0.2) is 0 Å². The number of fused-ring (bicyclic) bond motifs is 1. The number of aliphatic imine (C=N–C) groups is 1. The van der Waals surface area contributed by atoms with E-state index in [9.17, 15) is 0 Å². The number of benzene rings is 2. The summed E-state index contributed by atoms with van der Waals surface area (Å²) in [5.41, 5.74) is 2.41. The molecule has 1 unspecified atom stereocenters. The molecule has 1 saturated heterocycles. The van der Waals surface area contributed by atoms with Crippen molar-refractivity contribution in [2.45, 2.75) is 13.0 Å². The Labute approximate surface area is 174 Å². The Morgan fingerprint density at radius 3 is 2.93 bits per heavy atom. The van der Waals surface area contributed by atoms with Crippen molar-refractivity contribution >= 4 is 27.6 Å². The molecule has 2 aromatic rings. The zero-order valence-corrected chi connectivity index (χ0v) is 17.5. The zero-order chi connectivity index (χ0) is 19.3. The molecule has 2 aromatic carbocycles. The maximum absolute atomic E-state index is 5.44. The second kappa shape index (κ2) is 8.73. The van der Waals surface area contributed by atoms with Gasteiger partial charge in [-0.05, 0) is 48.2 Å². The average molecular weight is 445 g/mol. The largest absolute Gasteiger partial charge is 0.454 e. The van der Waals surface area contributed by atoms with Crippen LogP contribution in [0.1, 0.15) is 12.0 Å². The Morgan fingerprint density at radius 1 is 1.18 bits per heavy atom. The Hall–Kier alpha value is -2.41. The van der Waals surface area contributed by atoms with Crippen molar-refractivity contribution < 1.29 is 9.47 Å². The Bertz CT molecular complexity index is 858. The third-order valence-corrected chi connectivity index (χ3v) is 5.63. The van der Waals surface area contributed by atoms with E-state index in [1.54, 1.807) is 7.05 Å². The van der Waals surface area contributed by atoms with Crippen LogP contribution in [0.3, 0.4) is 0 Å². The molecule has 0 spiro atoms. The standard InChI is InChI=1S/C21H25BrN4O2/c1-23-21(24-11-15-5-6-19-20(9-15)28-14-27-19)25-12-16-7-8-26(13-16)18-4-2-3-17(22)10-18/h2-6,9-10,16H,7-8,11-14H2,1H3,(H2,23,24,25). The molecule has 0 aromatic heterocycles. The highest BCUT2D eigenvalue weighted by molar-refractivity contribution is 9.10. The molecule has 0 saturated carbocycles. The monoisotopic (exact) mass is 444 g/mol. The summed E-state index contributed by atoms with van der Waals surface area (Å²) in [5.74, 6) is 3.03. The van der Waals surface area contributed by atoms with E-state index in [4.69, 9.17) is 9.47 Å².